The third kappa shape index (κ3) is 3.71. The van der Waals surface area contributed by atoms with Gasteiger partial charge in [-0.3, -0.25) is 10.1 Å². The smallest absolute Gasteiger partial charge is 0.270 e. The second-order valence-electron chi connectivity index (χ2n) is 3.90. The molecule has 0 atom stereocenters. The van der Waals surface area contributed by atoms with E-state index in [2.05, 4.69) is 6.07 Å². The van der Waals surface area contributed by atoms with E-state index in [0.717, 1.165) is 5.56 Å². The maximum atomic E-state index is 10.7. The lowest BCUT2D eigenvalue weighted by atomic mass is 10.1. The minimum absolute atomic E-state index is 0.0412. The summed E-state index contributed by atoms with van der Waals surface area (Å²) in [6, 6.07) is 6.57. The molecular weight excluding hydrogens is 234 g/mol. The van der Waals surface area contributed by atoms with Gasteiger partial charge in [-0.2, -0.15) is 5.26 Å². The van der Waals surface area contributed by atoms with Crippen LogP contribution in [0, 0.1) is 21.4 Å². The molecule has 0 N–H and O–H groups in total. The van der Waals surface area contributed by atoms with Gasteiger partial charge in [0.1, 0.15) is 5.75 Å². The lowest BCUT2D eigenvalue weighted by molar-refractivity contribution is -0.384. The zero-order valence-corrected chi connectivity index (χ0v) is 10.4. The highest BCUT2D eigenvalue weighted by Gasteiger charge is 2.12. The van der Waals surface area contributed by atoms with Crippen LogP contribution >= 0.6 is 0 Å². The van der Waals surface area contributed by atoms with Crippen LogP contribution < -0.4 is 4.74 Å². The summed E-state index contributed by atoms with van der Waals surface area (Å²) in [5.41, 5.74) is 0.784. The summed E-state index contributed by atoms with van der Waals surface area (Å²) >= 11 is 0. The predicted molar refractivity (Wildman–Crippen MR) is 66.2 cm³/mol. The molecule has 6 heteroatoms. The summed E-state index contributed by atoms with van der Waals surface area (Å²) < 4.78 is 5.17. The van der Waals surface area contributed by atoms with E-state index >= 15 is 0 Å². The Morgan fingerprint density at radius 3 is 2.83 bits per heavy atom. The first-order valence-electron chi connectivity index (χ1n) is 5.45. The Morgan fingerprint density at radius 1 is 1.56 bits per heavy atom. The molecule has 0 spiro atoms. The Bertz CT molecular complexity index is 468. The van der Waals surface area contributed by atoms with Crippen LogP contribution in [0.15, 0.2) is 18.2 Å². The molecule has 0 aliphatic rings. The summed E-state index contributed by atoms with van der Waals surface area (Å²) in [5, 5.41) is 19.2. The maximum absolute atomic E-state index is 10.7. The van der Waals surface area contributed by atoms with E-state index < -0.39 is 4.92 Å². The minimum Gasteiger partial charge on any atom is -0.496 e. The number of nitro benzene ring substituents is 1. The fourth-order valence-corrected chi connectivity index (χ4v) is 1.61. The van der Waals surface area contributed by atoms with Crippen LogP contribution in [0.2, 0.25) is 0 Å². The molecule has 1 aromatic carbocycles. The van der Waals surface area contributed by atoms with Gasteiger partial charge in [0, 0.05) is 37.2 Å². The zero-order chi connectivity index (χ0) is 13.5. The standard InChI is InChI=1S/C12H15N3O3/c1-14(7-3-6-13)9-10-8-11(15(16)17)4-5-12(10)18-2/h4-5,8H,3,7,9H2,1-2H3. The number of rotatable bonds is 6. The van der Waals surface area contributed by atoms with Crippen LogP contribution in [0.5, 0.6) is 5.75 Å². The molecule has 6 nitrogen and oxygen atoms in total. The van der Waals surface area contributed by atoms with Crippen LogP contribution in [-0.2, 0) is 6.54 Å². The van der Waals surface area contributed by atoms with Crippen molar-refractivity contribution in [1.82, 2.24) is 4.90 Å². The van der Waals surface area contributed by atoms with Crippen molar-refractivity contribution in [1.29, 1.82) is 5.26 Å². The molecule has 1 aromatic rings. The second kappa shape index (κ2) is 6.57. The molecule has 18 heavy (non-hydrogen) atoms. The fraction of sp³-hybridized carbons (Fsp3) is 0.417. The van der Waals surface area contributed by atoms with Gasteiger partial charge in [0.05, 0.1) is 18.1 Å². The highest BCUT2D eigenvalue weighted by molar-refractivity contribution is 5.43. The Kier molecular flexibility index (Phi) is 5.08. The zero-order valence-electron chi connectivity index (χ0n) is 10.4. The molecule has 96 valence electrons. The number of hydrogen-bond acceptors (Lipinski definition) is 5. The van der Waals surface area contributed by atoms with Crippen molar-refractivity contribution in [3.05, 3.63) is 33.9 Å². The molecule has 0 aromatic heterocycles. The molecule has 0 heterocycles. The predicted octanol–water partition coefficient (Wildman–Crippen LogP) is 1.95. The Morgan fingerprint density at radius 2 is 2.28 bits per heavy atom. The Labute approximate surface area is 106 Å². The summed E-state index contributed by atoms with van der Waals surface area (Å²) in [6.07, 6.45) is 0.424. The number of methoxy groups -OCH3 is 1. The quantitative estimate of drug-likeness (QED) is 0.568. The van der Waals surface area contributed by atoms with Gasteiger partial charge in [0.2, 0.25) is 0 Å². The van der Waals surface area contributed by atoms with E-state index in [9.17, 15) is 10.1 Å². The lowest BCUT2D eigenvalue weighted by Gasteiger charge is -2.16. The number of benzene rings is 1. The van der Waals surface area contributed by atoms with Gasteiger partial charge in [0.25, 0.3) is 5.69 Å². The van der Waals surface area contributed by atoms with Gasteiger partial charge in [-0.1, -0.05) is 0 Å². The summed E-state index contributed by atoms with van der Waals surface area (Å²) in [5.74, 6) is 0.615. The number of nitro groups is 1. The molecule has 0 saturated heterocycles. The normalized spacial score (nSPS) is 10.1. The van der Waals surface area contributed by atoms with Crippen molar-refractivity contribution in [3.8, 4) is 11.8 Å². The average molecular weight is 249 g/mol. The number of nitriles is 1. The molecular formula is C12H15N3O3. The van der Waals surface area contributed by atoms with Crippen LogP contribution in [0.1, 0.15) is 12.0 Å². The van der Waals surface area contributed by atoms with Crippen molar-refractivity contribution in [2.24, 2.45) is 0 Å². The average Bonchev–Trinajstić information content (AvgIpc) is 2.36. The molecule has 0 saturated carbocycles. The van der Waals surface area contributed by atoms with Crippen LogP contribution in [-0.4, -0.2) is 30.5 Å². The Balaban J connectivity index is 2.88. The summed E-state index contributed by atoms with van der Waals surface area (Å²) in [7, 11) is 3.38. The van der Waals surface area contributed by atoms with Crippen molar-refractivity contribution >= 4 is 5.69 Å². The van der Waals surface area contributed by atoms with Gasteiger partial charge in [-0.25, -0.2) is 0 Å². The number of hydrogen-bond donors (Lipinski definition) is 0. The first kappa shape index (κ1) is 13.9. The van der Waals surface area contributed by atoms with Crippen molar-refractivity contribution < 1.29 is 9.66 Å². The largest absolute Gasteiger partial charge is 0.496 e. The highest BCUT2D eigenvalue weighted by atomic mass is 16.6. The minimum atomic E-state index is -0.432. The molecule has 1 rings (SSSR count). The van der Waals surface area contributed by atoms with Crippen LogP contribution in [0.4, 0.5) is 5.69 Å². The van der Waals surface area contributed by atoms with E-state index in [1.165, 1.54) is 19.2 Å². The summed E-state index contributed by atoms with van der Waals surface area (Å²) in [4.78, 5) is 12.2. The first-order valence-corrected chi connectivity index (χ1v) is 5.45. The molecule has 0 amide bonds. The van der Waals surface area contributed by atoms with E-state index in [0.29, 0.717) is 25.3 Å². The molecule has 0 aliphatic carbocycles. The highest BCUT2D eigenvalue weighted by Crippen LogP contribution is 2.24. The number of ether oxygens (including phenoxy) is 1. The number of nitrogens with zero attached hydrogens (tertiary/aromatic N) is 3. The molecule has 0 aliphatic heterocycles. The molecule has 0 unspecified atom stereocenters. The molecule has 0 fully saturated rings. The third-order valence-electron chi connectivity index (χ3n) is 2.52. The first-order chi connectivity index (χ1) is 8.58. The fourth-order valence-electron chi connectivity index (χ4n) is 1.61. The van der Waals surface area contributed by atoms with E-state index in [1.54, 1.807) is 6.07 Å². The summed E-state index contributed by atoms with van der Waals surface area (Å²) in [6.45, 7) is 1.12. The van der Waals surface area contributed by atoms with Crippen molar-refractivity contribution in [2.75, 3.05) is 20.7 Å². The van der Waals surface area contributed by atoms with Crippen molar-refractivity contribution in [2.45, 2.75) is 13.0 Å². The van der Waals surface area contributed by atoms with Gasteiger partial charge in [-0.05, 0) is 13.1 Å². The third-order valence-corrected chi connectivity index (χ3v) is 2.52. The monoisotopic (exact) mass is 249 g/mol. The lowest BCUT2D eigenvalue weighted by Crippen LogP contribution is -2.19. The van der Waals surface area contributed by atoms with Gasteiger partial charge in [-0.15, -0.1) is 0 Å². The van der Waals surface area contributed by atoms with Crippen LogP contribution in [0.3, 0.4) is 0 Å². The SMILES string of the molecule is COc1ccc([N+](=O)[O-])cc1CN(C)CCC#N. The number of non-ortho nitro benzene ring substituents is 1. The van der Waals surface area contributed by atoms with E-state index in [-0.39, 0.29) is 5.69 Å². The van der Waals surface area contributed by atoms with E-state index in [4.69, 9.17) is 10.00 Å². The second-order valence-corrected chi connectivity index (χ2v) is 3.90. The topological polar surface area (TPSA) is 79.4 Å². The van der Waals surface area contributed by atoms with Gasteiger partial charge < -0.3 is 9.64 Å². The van der Waals surface area contributed by atoms with Gasteiger partial charge >= 0.3 is 0 Å². The van der Waals surface area contributed by atoms with Crippen LogP contribution in [0.25, 0.3) is 0 Å². The van der Waals surface area contributed by atoms with E-state index in [1.807, 2.05) is 11.9 Å². The van der Waals surface area contributed by atoms with Crippen molar-refractivity contribution in [3.63, 3.8) is 0 Å². The maximum Gasteiger partial charge on any atom is 0.270 e. The van der Waals surface area contributed by atoms with Gasteiger partial charge in [0.15, 0.2) is 0 Å². The Hall–Kier alpha value is -2.13. The molecule has 0 radical (unpaired) electrons. The molecule has 0 bridgehead atoms.